The van der Waals surface area contributed by atoms with Crippen LogP contribution in [-0.4, -0.2) is 31.4 Å². The lowest BCUT2D eigenvalue weighted by molar-refractivity contribution is -0.113. The maximum absolute atomic E-state index is 12.7. The Morgan fingerprint density at radius 1 is 1.03 bits per heavy atom. The summed E-state index contributed by atoms with van der Waals surface area (Å²) in [7, 11) is 0. The average Bonchev–Trinajstić information content (AvgIpc) is 3.24. The molecule has 0 saturated carbocycles. The summed E-state index contributed by atoms with van der Waals surface area (Å²) in [6.07, 6.45) is 3.45. The van der Waals surface area contributed by atoms with E-state index in [9.17, 15) is 4.79 Å². The maximum Gasteiger partial charge on any atom is 0.234 e. The lowest BCUT2D eigenvalue weighted by Crippen LogP contribution is -2.15. The minimum absolute atomic E-state index is 0.102. The predicted molar refractivity (Wildman–Crippen MR) is 130 cm³/mol. The summed E-state index contributed by atoms with van der Waals surface area (Å²) in [5.41, 5.74) is 1.71. The first-order valence-corrected chi connectivity index (χ1v) is 12.1. The van der Waals surface area contributed by atoms with Crippen LogP contribution in [0.3, 0.4) is 0 Å². The van der Waals surface area contributed by atoms with Gasteiger partial charge in [-0.15, -0.1) is 10.2 Å². The Hall–Kier alpha value is -2.81. The zero-order valence-corrected chi connectivity index (χ0v) is 19.6. The number of rotatable bonds is 8. The number of pyridine rings is 1. The van der Waals surface area contributed by atoms with Gasteiger partial charge in [0.15, 0.2) is 11.0 Å². The van der Waals surface area contributed by atoms with Gasteiger partial charge in [0.1, 0.15) is 0 Å². The molecule has 2 heterocycles. The van der Waals surface area contributed by atoms with Crippen molar-refractivity contribution in [1.82, 2.24) is 19.7 Å². The van der Waals surface area contributed by atoms with Crippen molar-refractivity contribution < 1.29 is 4.79 Å². The number of benzene rings is 2. The van der Waals surface area contributed by atoms with Gasteiger partial charge in [0, 0.05) is 39.3 Å². The summed E-state index contributed by atoms with van der Waals surface area (Å²) in [5, 5.41) is 13.0. The topological polar surface area (TPSA) is 72.7 Å². The molecule has 0 spiro atoms. The molecule has 0 saturated heterocycles. The molecule has 1 amide bonds. The van der Waals surface area contributed by atoms with Crippen LogP contribution in [-0.2, 0) is 11.3 Å². The molecular weight excluding hydrogens is 462 g/mol. The van der Waals surface area contributed by atoms with E-state index in [-0.39, 0.29) is 11.7 Å². The maximum atomic E-state index is 12.7. The van der Waals surface area contributed by atoms with Gasteiger partial charge in [-0.25, -0.2) is 0 Å². The van der Waals surface area contributed by atoms with Crippen LogP contribution in [0.25, 0.3) is 11.4 Å². The summed E-state index contributed by atoms with van der Waals surface area (Å²) < 4.78 is 2.00. The molecule has 0 atom stereocenters. The molecule has 0 aliphatic rings. The van der Waals surface area contributed by atoms with E-state index in [4.69, 9.17) is 11.6 Å². The third-order valence-corrected chi connectivity index (χ3v) is 6.81. The zero-order chi connectivity index (χ0) is 22.3. The number of halogens is 1. The Morgan fingerprint density at radius 2 is 1.78 bits per heavy atom. The summed E-state index contributed by atoms with van der Waals surface area (Å²) in [6, 6.07) is 19.2. The van der Waals surface area contributed by atoms with Crippen molar-refractivity contribution in [3.8, 4) is 11.4 Å². The molecule has 0 bridgehead atoms. The van der Waals surface area contributed by atoms with Crippen molar-refractivity contribution in [2.75, 3.05) is 11.1 Å². The van der Waals surface area contributed by atoms with Crippen molar-refractivity contribution in [3.63, 3.8) is 0 Å². The van der Waals surface area contributed by atoms with E-state index in [1.165, 1.54) is 11.8 Å². The van der Waals surface area contributed by atoms with Crippen molar-refractivity contribution in [1.29, 1.82) is 0 Å². The number of aromatic nitrogens is 4. The van der Waals surface area contributed by atoms with E-state index in [0.29, 0.717) is 16.7 Å². The number of nitrogens with one attached hydrogen (secondary N) is 1. The van der Waals surface area contributed by atoms with Crippen LogP contribution >= 0.6 is 35.1 Å². The number of anilines is 1. The van der Waals surface area contributed by atoms with E-state index < -0.39 is 0 Å². The van der Waals surface area contributed by atoms with Crippen LogP contribution < -0.4 is 5.32 Å². The highest BCUT2D eigenvalue weighted by molar-refractivity contribution is 8.00. The van der Waals surface area contributed by atoms with Gasteiger partial charge in [0.05, 0.1) is 11.4 Å². The number of amides is 1. The predicted octanol–water partition coefficient (Wildman–Crippen LogP) is 5.90. The van der Waals surface area contributed by atoms with E-state index >= 15 is 0 Å². The minimum atomic E-state index is -0.102. The molecule has 0 fully saturated rings. The highest BCUT2D eigenvalue weighted by Gasteiger charge is 2.15. The number of nitrogens with zero attached hydrogens (tertiary/aromatic N) is 4. The average molecular weight is 482 g/mol. The molecule has 2 aromatic carbocycles. The van der Waals surface area contributed by atoms with Crippen molar-refractivity contribution in [2.24, 2.45) is 0 Å². The smallest absolute Gasteiger partial charge is 0.234 e. The van der Waals surface area contributed by atoms with Gasteiger partial charge in [-0.3, -0.25) is 9.78 Å². The first-order valence-electron chi connectivity index (χ1n) is 9.92. The summed E-state index contributed by atoms with van der Waals surface area (Å²) >= 11 is 8.92. The van der Waals surface area contributed by atoms with Crippen LogP contribution in [0.15, 0.2) is 88.0 Å². The third-order valence-electron chi connectivity index (χ3n) is 4.51. The van der Waals surface area contributed by atoms with Crippen LogP contribution in [0.2, 0.25) is 5.02 Å². The Bertz CT molecular complexity index is 1200. The fraction of sp³-hybridized carbons (Fsp3) is 0.130. The Kier molecular flexibility index (Phi) is 7.47. The SMILES string of the molecule is CCn1c(SCC(=O)Nc2ccccc2Sc2ccc(Cl)cc2)nnc1-c1ccncc1. The molecule has 0 radical (unpaired) electrons. The molecule has 4 aromatic rings. The Labute approximate surface area is 199 Å². The van der Waals surface area contributed by atoms with Crippen molar-refractivity contribution in [3.05, 3.63) is 78.1 Å². The largest absolute Gasteiger partial charge is 0.324 e. The second-order valence-electron chi connectivity index (χ2n) is 6.68. The zero-order valence-electron chi connectivity index (χ0n) is 17.2. The summed E-state index contributed by atoms with van der Waals surface area (Å²) in [6.45, 7) is 2.73. The van der Waals surface area contributed by atoms with Gasteiger partial charge in [-0.1, -0.05) is 47.3 Å². The number of carbonyl (C=O) groups is 1. The highest BCUT2D eigenvalue weighted by Crippen LogP contribution is 2.34. The number of carbonyl (C=O) groups excluding carboxylic acids is 1. The third kappa shape index (κ3) is 5.51. The second-order valence-corrected chi connectivity index (χ2v) is 9.17. The fourth-order valence-electron chi connectivity index (χ4n) is 3.00. The molecule has 0 unspecified atom stereocenters. The fourth-order valence-corrected chi connectivity index (χ4v) is 4.83. The van der Waals surface area contributed by atoms with Gasteiger partial charge in [0.2, 0.25) is 5.91 Å². The van der Waals surface area contributed by atoms with Crippen molar-refractivity contribution in [2.45, 2.75) is 28.4 Å². The van der Waals surface area contributed by atoms with E-state index in [0.717, 1.165) is 26.9 Å². The molecule has 9 heteroatoms. The highest BCUT2D eigenvalue weighted by atomic mass is 35.5. The van der Waals surface area contributed by atoms with Gasteiger partial charge in [-0.05, 0) is 55.5 Å². The first-order chi connectivity index (χ1) is 15.6. The van der Waals surface area contributed by atoms with Crippen LogP contribution in [0.5, 0.6) is 0 Å². The molecular formula is C23H20ClN5OS2. The van der Waals surface area contributed by atoms with Gasteiger partial charge >= 0.3 is 0 Å². The number of hydrogen-bond donors (Lipinski definition) is 1. The van der Waals surface area contributed by atoms with Crippen LogP contribution in [0, 0.1) is 0 Å². The molecule has 162 valence electrons. The molecule has 6 nitrogen and oxygen atoms in total. The molecule has 0 aliphatic heterocycles. The van der Waals surface area contributed by atoms with Crippen LogP contribution in [0.1, 0.15) is 6.92 Å². The van der Waals surface area contributed by atoms with E-state index in [1.807, 2.05) is 72.2 Å². The molecule has 32 heavy (non-hydrogen) atoms. The molecule has 1 N–H and O–H groups in total. The number of hydrogen-bond acceptors (Lipinski definition) is 6. The molecule has 2 aromatic heterocycles. The number of para-hydroxylation sites is 1. The normalized spacial score (nSPS) is 10.8. The van der Waals surface area contributed by atoms with Crippen molar-refractivity contribution >= 4 is 46.7 Å². The Morgan fingerprint density at radius 3 is 2.53 bits per heavy atom. The lowest BCUT2D eigenvalue weighted by Gasteiger charge is -2.11. The van der Waals surface area contributed by atoms with E-state index in [2.05, 4.69) is 20.5 Å². The van der Waals surface area contributed by atoms with Gasteiger partial charge < -0.3 is 9.88 Å². The second kappa shape index (κ2) is 10.7. The summed E-state index contributed by atoms with van der Waals surface area (Å²) in [5.74, 6) is 0.895. The van der Waals surface area contributed by atoms with Gasteiger partial charge in [-0.2, -0.15) is 0 Å². The first kappa shape index (κ1) is 22.4. The van der Waals surface area contributed by atoms with Crippen LogP contribution in [0.4, 0.5) is 5.69 Å². The molecule has 0 aliphatic carbocycles. The standard InChI is InChI=1S/C23H20ClN5OS2/c1-2-29-22(16-11-13-25-14-12-16)27-28-23(29)31-15-21(30)26-19-5-3-4-6-20(19)32-18-9-7-17(24)8-10-18/h3-14H,2,15H2,1H3,(H,26,30). The lowest BCUT2D eigenvalue weighted by atomic mass is 10.2. The minimum Gasteiger partial charge on any atom is -0.324 e. The van der Waals surface area contributed by atoms with Gasteiger partial charge in [0.25, 0.3) is 0 Å². The van der Waals surface area contributed by atoms with E-state index in [1.54, 1.807) is 24.2 Å². The Balaban J connectivity index is 1.42. The molecule has 4 rings (SSSR count). The monoisotopic (exact) mass is 481 g/mol. The number of thioether (sulfide) groups is 1. The quantitative estimate of drug-likeness (QED) is 0.316. The summed E-state index contributed by atoms with van der Waals surface area (Å²) in [4.78, 5) is 18.7.